The summed E-state index contributed by atoms with van der Waals surface area (Å²) in [7, 11) is -2.64. The number of carbonyl (C=O) groups excluding carboxylic acids is 2. The predicted molar refractivity (Wildman–Crippen MR) is 220 cm³/mol. The third kappa shape index (κ3) is 40.2. The summed E-state index contributed by atoms with van der Waals surface area (Å²) < 4.78 is 33.2. The molecule has 0 rings (SSSR count). The molecule has 0 amide bonds. The van der Waals surface area contributed by atoms with Crippen molar-refractivity contribution in [3.63, 3.8) is 0 Å². The molecule has 0 saturated carbocycles. The SMILES string of the molecule is CCCCCCCC/C=C\CCCCCCCCCCCC(=O)OCC(COP(=O)(O)OCCNC)OC(=O)CCCCCCCCCCCCCC. The first kappa shape index (κ1) is 51.8. The molecule has 0 aromatic heterocycles. The van der Waals surface area contributed by atoms with Crippen LogP contribution in [-0.2, 0) is 32.7 Å². The molecule has 0 bridgehead atoms. The van der Waals surface area contributed by atoms with Crippen molar-refractivity contribution in [2.75, 3.05) is 33.4 Å². The second-order valence-corrected chi connectivity index (χ2v) is 16.3. The fourth-order valence-electron chi connectivity index (χ4n) is 6.25. The number of hydrogen-bond acceptors (Lipinski definition) is 8. The summed E-state index contributed by atoms with van der Waals surface area (Å²) in [6.07, 6.45) is 39.7. The summed E-state index contributed by atoms with van der Waals surface area (Å²) in [4.78, 5) is 35.0. The van der Waals surface area contributed by atoms with Crippen LogP contribution in [0.15, 0.2) is 12.2 Å². The van der Waals surface area contributed by atoms with Crippen molar-refractivity contribution in [3.05, 3.63) is 12.2 Å². The molecule has 0 aromatic rings. The second-order valence-electron chi connectivity index (χ2n) is 14.9. The van der Waals surface area contributed by atoms with Crippen LogP contribution in [0.2, 0.25) is 0 Å². The van der Waals surface area contributed by atoms with E-state index < -0.39 is 26.5 Å². The van der Waals surface area contributed by atoms with Crippen LogP contribution in [0.3, 0.4) is 0 Å². The van der Waals surface area contributed by atoms with Crippen LogP contribution in [0, 0.1) is 0 Å². The van der Waals surface area contributed by atoms with E-state index in [4.69, 9.17) is 18.5 Å². The van der Waals surface area contributed by atoms with Gasteiger partial charge >= 0.3 is 19.8 Å². The zero-order chi connectivity index (χ0) is 38.9. The Hall–Kier alpha value is -1.25. The van der Waals surface area contributed by atoms with Gasteiger partial charge in [-0.05, 0) is 45.6 Å². The van der Waals surface area contributed by atoms with Crippen LogP contribution < -0.4 is 5.32 Å². The number of unbranched alkanes of at least 4 members (excludes halogenated alkanes) is 26. The Morgan fingerprint density at radius 1 is 0.566 bits per heavy atom. The molecule has 0 fully saturated rings. The smallest absolute Gasteiger partial charge is 0.462 e. The van der Waals surface area contributed by atoms with Crippen molar-refractivity contribution in [1.29, 1.82) is 0 Å². The number of phosphoric acid groups is 1. The molecule has 0 radical (unpaired) electrons. The lowest BCUT2D eigenvalue weighted by Gasteiger charge is -2.20. The van der Waals surface area contributed by atoms with Crippen LogP contribution in [0.25, 0.3) is 0 Å². The summed E-state index contributed by atoms with van der Waals surface area (Å²) >= 11 is 0. The third-order valence-corrected chi connectivity index (χ3v) is 10.6. The Morgan fingerprint density at radius 3 is 1.40 bits per heavy atom. The Kier molecular flexibility index (Phi) is 39.5. The number of phosphoric ester groups is 1. The Labute approximate surface area is 326 Å². The summed E-state index contributed by atoms with van der Waals surface area (Å²) in [5, 5.41) is 2.82. The number of likely N-dealkylation sites (N-methyl/N-ethyl adjacent to an activating group) is 1. The average Bonchev–Trinajstić information content (AvgIpc) is 3.14. The van der Waals surface area contributed by atoms with Crippen molar-refractivity contribution in [3.8, 4) is 0 Å². The lowest BCUT2D eigenvalue weighted by Crippen LogP contribution is -2.29. The highest BCUT2D eigenvalue weighted by molar-refractivity contribution is 7.47. The van der Waals surface area contributed by atoms with Gasteiger partial charge < -0.3 is 19.7 Å². The molecule has 9 nitrogen and oxygen atoms in total. The van der Waals surface area contributed by atoms with Crippen molar-refractivity contribution in [2.45, 2.75) is 219 Å². The van der Waals surface area contributed by atoms with E-state index in [0.29, 0.717) is 19.4 Å². The zero-order valence-corrected chi connectivity index (χ0v) is 35.6. The molecule has 0 saturated heterocycles. The molecule has 53 heavy (non-hydrogen) atoms. The first-order valence-corrected chi connectivity index (χ1v) is 23.6. The Bertz CT molecular complexity index is 886. The number of allylic oxidation sites excluding steroid dienone is 2. The molecule has 2 atom stereocenters. The molecule has 0 aromatic carbocycles. The van der Waals surface area contributed by atoms with Crippen LogP contribution in [0.5, 0.6) is 0 Å². The number of rotatable bonds is 42. The van der Waals surface area contributed by atoms with Gasteiger partial charge in [0.15, 0.2) is 6.10 Å². The van der Waals surface area contributed by atoms with Crippen molar-refractivity contribution in [2.24, 2.45) is 0 Å². The summed E-state index contributed by atoms with van der Waals surface area (Å²) in [6.45, 7) is 4.24. The second kappa shape index (κ2) is 40.4. The number of carbonyl (C=O) groups is 2. The van der Waals surface area contributed by atoms with Gasteiger partial charge in [-0.3, -0.25) is 18.6 Å². The third-order valence-electron chi connectivity index (χ3n) is 9.64. The quantitative estimate of drug-likeness (QED) is 0.0270. The zero-order valence-electron chi connectivity index (χ0n) is 34.7. The number of hydrogen-bond donors (Lipinski definition) is 2. The van der Waals surface area contributed by atoms with Gasteiger partial charge in [-0.15, -0.1) is 0 Å². The van der Waals surface area contributed by atoms with Gasteiger partial charge in [0, 0.05) is 19.4 Å². The first-order chi connectivity index (χ1) is 25.8. The van der Waals surface area contributed by atoms with Crippen LogP contribution in [0.4, 0.5) is 0 Å². The van der Waals surface area contributed by atoms with Crippen LogP contribution >= 0.6 is 7.82 Å². The van der Waals surface area contributed by atoms with Crippen LogP contribution in [0.1, 0.15) is 213 Å². The van der Waals surface area contributed by atoms with Gasteiger partial charge in [0.2, 0.25) is 0 Å². The molecule has 0 aliphatic heterocycles. The maximum absolute atomic E-state index is 12.6. The van der Waals surface area contributed by atoms with Gasteiger partial charge in [0.1, 0.15) is 6.61 Å². The number of ether oxygens (including phenoxy) is 2. The van der Waals surface area contributed by atoms with E-state index in [1.807, 2.05) is 0 Å². The van der Waals surface area contributed by atoms with Gasteiger partial charge in [-0.25, -0.2) is 4.57 Å². The topological polar surface area (TPSA) is 120 Å². The highest BCUT2D eigenvalue weighted by Crippen LogP contribution is 2.43. The summed E-state index contributed by atoms with van der Waals surface area (Å²) in [5.74, 6) is -0.799. The number of nitrogens with one attached hydrogen (secondary N) is 1. The predicted octanol–water partition coefficient (Wildman–Crippen LogP) is 12.5. The van der Waals surface area contributed by atoms with Gasteiger partial charge in [-0.2, -0.15) is 0 Å². The van der Waals surface area contributed by atoms with E-state index >= 15 is 0 Å². The molecule has 314 valence electrons. The number of esters is 2. The van der Waals surface area contributed by atoms with Crippen molar-refractivity contribution >= 4 is 19.8 Å². The lowest BCUT2D eigenvalue weighted by atomic mass is 10.0. The maximum atomic E-state index is 12.6. The fourth-order valence-corrected chi connectivity index (χ4v) is 7.01. The highest BCUT2D eigenvalue weighted by Gasteiger charge is 2.26. The molecule has 0 aliphatic rings. The van der Waals surface area contributed by atoms with Gasteiger partial charge in [0.25, 0.3) is 0 Å². The molecule has 2 N–H and O–H groups in total. The standard InChI is InChI=1S/C43H84NO8P/c1-4-6-8-10-12-14-16-18-19-20-21-22-23-24-26-27-29-31-33-35-42(45)49-39-41(40-51-53(47,48)50-38-37-44-3)52-43(46)36-34-32-30-28-25-17-15-13-11-9-7-5-2/h18-19,41,44H,4-17,20-40H2,1-3H3,(H,47,48)/b19-18-. The van der Waals surface area contributed by atoms with Gasteiger partial charge in [0.05, 0.1) is 13.2 Å². The molecular weight excluding hydrogens is 689 g/mol. The molecule has 0 heterocycles. The molecular formula is C43H84NO8P. The van der Waals surface area contributed by atoms with Crippen molar-refractivity contribution in [1.82, 2.24) is 5.32 Å². The van der Waals surface area contributed by atoms with Crippen molar-refractivity contribution < 1.29 is 37.6 Å². The molecule has 10 heteroatoms. The summed E-state index contributed by atoms with van der Waals surface area (Å²) in [6, 6.07) is 0. The Morgan fingerprint density at radius 2 is 0.962 bits per heavy atom. The Balaban J connectivity index is 4.14. The summed E-state index contributed by atoms with van der Waals surface area (Å²) in [5.41, 5.74) is 0. The minimum atomic E-state index is -4.34. The van der Waals surface area contributed by atoms with E-state index in [0.717, 1.165) is 32.1 Å². The minimum absolute atomic E-state index is 0.0140. The first-order valence-electron chi connectivity index (χ1n) is 22.1. The van der Waals surface area contributed by atoms with E-state index in [1.165, 1.54) is 148 Å². The normalized spacial score (nSPS) is 13.4. The van der Waals surface area contributed by atoms with Crippen LogP contribution in [-0.4, -0.2) is 56.3 Å². The van der Waals surface area contributed by atoms with E-state index in [2.05, 4.69) is 31.3 Å². The monoisotopic (exact) mass is 774 g/mol. The van der Waals surface area contributed by atoms with Gasteiger partial charge in [-0.1, -0.05) is 174 Å². The largest absolute Gasteiger partial charge is 0.472 e. The fraction of sp³-hybridized carbons (Fsp3) is 0.907. The molecule has 2 unspecified atom stereocenters. The van der Waals surface area contributed by atoms with E-state index in [1.54, 1.807) is 7.05 Å². The van der Waals surface area contributed by atoms with E-state index in [9.17, 15) is 19.0 Å². The lowest BCUT2D eigenvalue weighted by molar-refractivity contribution is -0.161. The van der Waals surface area contributed by atoms with E-state index in [-0.39, 0.29) is 25.6 Å². The minimum Gasteiger partial charge on any atom is -0.462 e. The maximum Gasteiger partial charge on any atom is 0.472 e. The molecule has 0 spiro atoms. The average molecular weight is 774 g/mol. The molecule has 0 aliphatic carbocycles. The highest BCUT2D eigenvalue weighted by atomic mass is 31.2.